The molecular formula is C19H26N2O5S. The molecule has 1 atom stereocenters. The van der Waals surface area contributed by atoms with E-state index in [2.05, 4.69) is 12.2 Å². The van der Waals surface area contributed by atoms with Crippen LogP contribution < -0.4 is 14.8 Å². The van der Waals surface area contributed by atoms with Gasteiger partial charge in [-0.25, -0.2) is 9.59 Å². The lowest BCUT2D eigenvalue weighted by Crippen LogP contribution is -2.46. The Morgan fingerprint density at radius 1 is 1.30 bits per heavy atom. The molecule has 0 aliphatic carbocycles. The molecule has 1 N–H and O–H groups in total. The summed E-state index contributed by atoms with van der Waals surface area (Å²) in [6.07, 6.45) is 0. The van der Waals surface area contributed by atoms with Crippen molar-refractivity contribution in [3.8, 4) is 11.5 Å². The van der Waals surface area contributed by atoms with E-state index in [1.54, 1.807) is 58.2 Å². The smallest absolute Gasteiger partial charge is 0.338 e. The molecule has 27 heavy (non-hydrogen) atoms. The molecule has 1 aromatic carbocycles. The van der Waals surface area contributed by atoms with E-state index in [0.717, 1.165) is 11.5 Å². The van der Waals surface area contributed by atoms with Crippen LogP contribution in [0.25, 0.3) is 0 Å². The van der Waals surface area contributed by atoms with Crippen molar-refractivity contribution in [2.24, 2.45) is 0 Å². The van der Waals surface area contributed by atoms with Crippen LogP contribution in [-0.4, -0.2) is 56.3 Å². The van der Waals surface area contributed by atoms with E-state index in [9.17, 15) is 9.59 Å². The minimum absolute atomic E-state index is 0.305. The first-order valence-electron chi connectivity index (χ1n) is 8.66. The van der Waals surface area contributed by atoms with Gasteiger partial charge in [-0.3, -0.25) is 0 Å². The van der Waals surface area contributed by atoms with Crippen LogP contribution in [0.5, 0.6) is 11.5 Å². The van der Waals surface area contributed by atoms with Gasteiger partial charge in [0.05, 0.1) is 25.8 Å². The molecule has 8 heteroatoms. The summed E-state index contributed by atoms with van der Waals surface area (Å²) in [5.74, 6) is 2.38. The SMILES string of the molecule is CCSCCOC(=O)C1=C(C)N(C)C(=O)N[C@H]1c1cc(OC)ccc1OC. The average Bonchev–Trinajstić information content (AvgIpc) is 2.68. The fourth-order valence-corrected chi connectivity index (χ4v) is 3.30. The van der Waals surface area contributed by atoms with Gasteiger partial charge in [0.15, 0.2) is 0 Å². The van der Waals surface area contributed by atoms with Gasteiger partial charge in [0, 0.05) is 24.1 Å². The highest BCUT2D eigenvalue weighted by atomic mass is 32.2. The Kier molecular flexibility index (Phi) is 7.41. The fourth-order valence-electron chi connectivity index (χ4n) is 2.81. The van der Waals surface area contributed by atoms with Crippen LogP contribution in [0, 0.1) is 0 Å². The number of rotatable bonds is 8. The molecule has 0 unspecified atom stereocenters. The molecule has 1 aliphatic rings. The zero-order chi connectivity index (χ0) is 20.0. The second-order valence-corrected chi connectivity index (χ2v) is 7.28. The predicted molar refractivity (Wildman–Crippen MR) is 105 cm³/mol. The number of thioether (sulfide) groups is 1. The summed E-state index contributed by atoms with van der Waals surface area (Å²) in [5.41, 5.74) is 1.56. The molecule has 1 aliphatic heterocycles. The number of nitrogens with one attached hydrogen (secondary N) is 1. The van der Waals surface area contributed by atoms with E-state index in [4.69, 9.17) is 14.2 Å². The highest BCUT2D eigenvalue weighted by Crippen LogP contribution is 2.37. The minimum atomic E-state index is -0.690. The number of carbonyl (C=O) groups is 2. The zero-order valence-electron chi connectivity index (χ0n) is 16.3. The summed E-state index contributed by atoms with van der Waals surface area (Å²) in [6.45, 7) is 4.10. The van der Waals surface area contributed by atoms with Crippen LogP contribution in [0.3, 0.4) is 0 Å². The first-order chi connectivity index (χ1) is 12.9. The lowest BCUT2D eigenvalue weighted by Gasteiger charge is -2.33. The summed E-state index contributed by atoms with van der Waals surface area (Å²) in [6, 6.07) is 4.26. The molecule has 2 rings (SSSR count). The molecule has 0 fully saturated rings. The van der Waals surface area contributed by atoms with Gasteiger partial charge in [0.25, 0.3) is 0 Å². The van der Waals surface area contributed by atoms with Crippen LogP contribution in [-0.2, 0) is 9.53 Å². The Bertz CT molecular complexity index is 735. The second kappa shape index (κ2) is 9.55. The van der Waals surface area contributed by atoms with Crippen LogP contribution in [0.2, 0.25) is 0 Å². The standard InChI is InChI=1S/C19H26N2O5S/c1-6-27-10-9-26-18(22)16-12(2)21(3)19(23)20-17(16)14-11-13(24-4)7-8-15(14)25-5/h7-8,11,17H,6,9-10H2,1-5H3,(H,20,23)/t17-/m0/s1. The maximum absolute atomic E-state index is 12.8. The third-order valence-electron chi connectivity index (χ3n) is 4.39. The van der Waals surface area contributed by atoms with Crippen LogP contribution >= 0.6 is 11.8 Å². The third kappa shape index (κ3) is 4.68. The van der Waals surface area contributed by atoms with Crippen molar-refractivity contribution >= 4 is 23.8 Å². The van der Waals surface area contributed by atoms with Crippen LogP contribution in [0.4, 0.5) is 4.79 Å². The van der Waals surface area contributed by atoms with Crippen LogP contribution in [0.15, 0.2) is 29.5 Å². The van der Waals surface area contributed by atoms with Gasteiger partial charge in [-0.15, -0.1) is 0 Å². The lowest BCUT2D eigenvalue weighted by atomic mass is 9.94. The number of nitrogens with zero attached hydrogens (tertiary/aromatic N) is 1. The molecule has 7 nitrogen and oxygen atoms in total. The number of urea groups is 1. The highest BCUT2D eigenvalue weighted by molar-refractivity contribution is 7.99. The van der Waals surface area contributed by atoms with E-state index >= 15 is 0 Å². The van der Waals surface area contributed by atoms with Crippen molar-refractivity contribution < 1.29 is 23.8 Å². The van der Waals surface area contributed by atoms with Gasteiger partial charge in [-0.05, 0) is 30.9 Å². The van der Waals surface area contributed by atoms with Gasteiger partial charge in [-0.2, -0.15) is 11.8 Å². The Labute approximate surface area is 164 Å². The molecule has 148 valence electrons. The molecular weight excluding hydrogens is 368 g/mol. The molecule has 0 spiro atoms. The average molecular weight is 394 g/mol. The number of methoxy groups -OCH3 is 2. The van der Waals surface area contributed by atoms with E-state index in [-0.39, 0.29) is 6.03 Å². The van der Waals surface area contributed by atoms with E-state index < -0.39 is 12.0 Å². The van der Waals surface area contributed by atoms with Crippen molar-refractivity contribution in [3.63, 3.8) is 0 Å². The van der Waals surface area contributed by atoms with Gasteiger partial charge in [0.1, 0.15) is 18.1 Å². The summed E-state index contributed by atoms with van der Waals surface area (Å²) in [5, 5.41) is 2.86. The number of carbonyl (C=O) groups excluding carboxylic acids is 2. The number of hydrogen-bond acceptors (Lipinski definition) is 6. The molecule has 0 bridgehead atoms. The largest absolute Gasteiger partial charge is 0.497 e. The van der Waals surface area contributed by atoms with Crippen molar-refractivity contribution in [3.05, 3.63) is 35.0 Å². The molecule has 0 radical (unpaired) electrons. The van der Waals surface area contributed by atoms with Crippen molar-refractivity contribution in [1.82, 2.24) is 10.2 Å². The normalized spacial score (nSPS) is 16.9. The molecule has 1 heterocycles. The number of amides is 2. The second-order valence-electron chi connectivity index (χ2n) is 5.88. The van der Waals surface area contributed by atoms with E-state index in [0.29, 0.717) is 34.9 Å². The van der Waals surface area contributed by atoms with Crippen molar-refractivity contribution in [2.75, 3.05) is 39.4 Å². The lowest BCUT2D eigenvalue weighted by molar-refractivity contribution is -0.139. The van der Waals surface area contributed by atoms with E-state index in [1.165, 1.54) is 4.90 Å². The van der Waals surface area contributed by atoms with Crippen LogP contribution in [0.1, 0.15) is 25.5 Å². The monoisotopic (exact) mass is 394 g/mol. The maximum atomic E-state index is 12.8. The first kappa shape index (κ1) is 21.0. The Balaban J connectivity index is 2.43. The van der Waals surface area contributed by atoms with Gasteiger partial charge in [-0.1, -0.05) is 6.92 Å². The maximum Gasteiger partial charge on any atom is 0.338 e. The Morgan fingerprint density at radius 2 is 2.04 bits per heavy atom. The van der Waals surface area contributed by atoms with Crippen molar-refractivity contribution in [2.45, 2.75) is 19.9 Å². The highest BCUT2D eigenvalue weighted by Gasteiger charge is 2.36. The molecule has 1 aromatic rings. The molecule has 0 saturated carbocycles. The predicted octanol–water partition coefficient (Wildman–Crippen LogP) is 2.97. The minimum Gasteiger partial charge on any atom is -0.497 e. The fraction of sp³-hybridized carbons (Fsp3) is 0.474. The molecule has 2 amide bonds. The summed E-state index contributed by atoms with van der Waals surface area (Å²) < 4.78 is 16.2. The van der Waals surface area contributed by atoms with Gasteiger partial charge in [0.2, 0.25) is 0 Å². The zero-order valence-corrected chi connectivity index (χ0v) is 17.1. The number of benzene rings is 1. The first-order valence-corrected chi connectivity index (χ1v) is 9.81. The topological polar surface area (TPSA) is 77.1 Å². The Hall–Kier alpha value is -2.35. The quantitative estimate of drug-likeness (QED) is 0.540. The summed E-state index contributed by atoms with van der Waals surface area (Å²) in [7, 11) is 4.71. The van der Waals surface area contributed by atoms with Crippen molar-refractivity contribution in [1.29, 1.82) is 0 Å². The Morgan fingerprint density at radius 3 is 2.67 bits per heavy atom. The summed E-state index contributed by atoms with van der Waals surface area (Å²) >= 11 is 1.70. The molecule has 0 aromatic heterocycles. The van der Waals surface area contributed by atoms with E-state index in [1.807, 2.05) is 0 Å². The van der Waals surface area contributed by atoms with Gasteiger partial charge >= 0.3 is 12.0 Å². The number of hydrogen-bond donors (Lipinski definition) is 1. The number of esters is 1. The summed E-state index contributed by atoms with van der Waals surface area (Å²) in [4.78, 5) is 26.6. The molecule has 0 saturated heterocycles. The third-order valence-corrected chi connectivity index (χ3v) is 5.25. The number of ether oxygens (including phenoxy) is 3. The van der Waals surface area contributed by atoms with Gasteiger partial charge < -0.3 is 24.4 Å². The number of allylic oxidation sites excluding steroid dienone is 1.